The monoisotopic (exact) mass is 650 g/mol. The molecule has 0 spiro atoms. The Morgan fingerprint density at radius 1 is 0.636 bits per heavy atom. The second-order valence-electron chi connectivity index (χ2n) is 9.62. The molecule has 9 heteroatoms. The van der Waals surface area contributed by atoms with E-state index in [1.165, 1.54) is 12.1 Å². The Balaban J connectivity index is 1.42. The predicted octanol–water partition coefficient (Wildman–Crippen LogP) is 10.2. The summed E-state index contributed by atoms with van der Waals surface area (Å²) in [6, 6.07) is 29.5. The molecule has 44 heavy (non-hydrogen) atoms. The second kappa shape index (κ2) is 14.0. The van der Waals surface area contributed by atoms with Crippen LogP contribution in [0.5, 0.6) is 11.5 Å². The van der Waals surface area contributed by atoms with Crippen molar-refractivity contribution >= 4 is 46.3 Å². The van der Waals surface area contributed by atoms with E-state index >= 15 is 0 Å². The molecule has 4 nitrogen and oxygen atoms in total. The fourth-order valence-corrected chi connectivity index (χ4v) is 5.07. The van der Waals surface area contributed by atoms with Gasteiger partial charge in [-0.15, -0.1) is 0 Å². The average Bonchev–Trinajstić information content (AvgIpc) is 3.02. The number of aliphatic carboxylic acids is 1. The molecule has 0 aromatic heterocycles. The van der Waals surface area contributed by atoms with E-state index in [1.54, 1.807) is 42.5 Å². The van der Waals surface area contributed by atoms with Gasteiger partial charge in [-0.2, -0.15) is 0 Å². The normalized spacial score (nSPS) is 10.8. The molecular formula is C35H23Cl3F2O4. The van der Waals surface area contributed by atoms with Crippen molar-refractivity contribution in [1.29, 1.82) is 0 Å². The summed E-state index contributed by atoms with van der Waals surface area (Å²) >= 11 is 18.2. The number of halogens is 5. The number of hydrogen-bond donors (Lipinski definition) is 1. The summed E-state index contributed by atoms with van der Waals surface area (Å²) in [6.45, 7) is -0.322. The first kappa shape index (κ1) is 31.1. The molecule has 0 aliphatic heterocycles. The third kappa shape index (κ3) is 7.58. The molecule has 0 amide bonds. The molecule has 0 radical (unpaired) electrons. The summed E-state index contributed by atoms with van der Waals surface area (Å²) in [6.07, 6.45) is 1.93. The standard InChI is InChI=1S/C35H23Cl3F2O4/c36-29-17-25(9-12-32(29)39)21-1-5-23(6-2-21)28(15-16-43-27-11-14-34(31(38)19-27)44-20-35(41)42)24-7-3-22(4-8-24)26-10-13-33(40)30(37)18-26/h1-15,17-19H,16,20H2,(H,41,42). The summed E-state index contributed by atoms with van der Waals surface area (Å²) in [4.78, 5) is 10.8. The zero-order valence-electron chi connectivity index (χ0n) is 22.9. The summed E-state index contributed by atoms with van der Waals surface area (Å²) in [5.74, 6) is -1.36. The summed E-state index contributed by atoms with van der Waals surface area (Å²) in [7, 11) is 0. The fraction of sp³-hybridized carbons (Fsp3) is 0.0571. The Kier molecular flexibility index (Phi) is 9.85. The van der Waals surface area contributed by atoms with Gasteiger partial charge in [0.05, 0.1) is 15.1 Å². The van der Waals surface area contributed by atoms with Crippen molar-refractivity contribution in [3.05, 3.63) is 147 Å². The maximum absolute atomic E-state index is 13.7. The van der Waals surface area contributed by atoms with E-state index in [-0.39, 0.29) is 27.4 Å². The van der Waals surface area contributed by atoms with E-state index in [4.69, 9.17) is 49.4 Å². The van der Waals surface area contributed by atoms with Crippen LogP contribution in [-0.2, 0) is 4.79 Å². The van der Waals surface area contributed by atoms with Crippen LogP contribution in [0.3, 0.4) is 0 Å². The van der Waals surface area contributed by atoms with Crippen molar-refractivity contribution in [1.82, 2.24) is 0 Å². The summed E-state index contributed by atoms with van der Waals surface area (Å²) in [5.41, 5.74) is 5.99. The zero-order chi connectivity index (χ0) is 31.2. The van der Waals surface area contributed by atoms with Crippen LogP contribution >= 0.6 is 34.8 Å². The summed E-state index contributed by atoms with van der Waals surface area (Å²) in [5, 5.41) is 9.15. The Bertz CT molecular complexity index is 1740. The van der Waals surface area contributed by atoms with Gasteiger partial charge in [0.15, 0.2) is 6.61 Å². The minimum absolute atomic E-state index is 0.0495. The topological polar surface area (TPSA) is 55.8 Å². The molecule has 0 aliphatic rings. The molecule has 5 aromatic carbocycles. The minimum atomic E-state index is -1.11. The molecule has 0 atom stereocenters. The van der Waals surface area contributed by atoms with Crippen molar-refractivity contribution in [2.24, 2.45) is 0 Å². The number of hydrogen-bond acceptors (Lipinski definition) is 3. The Labute approximate surface area is 267 Å². The quantitative estimate of drug-likeness (QED) is 0.163. The largest absolute Gasteiger partial charge is 0.489 e. The van der Waals surface area contributed by atoms with Gasteiger partial charge in [0.1, 0.15) is 29.7 Å². The van der Waals surface area contributed by atoms with E-state index in [9.17, 15) is 13.6 Å². The number of rotatable bonds is 10. The lowest BCUT2D eigenvalue weighted by Crippen LogP contribution is -2.09. The molecule has 0 bridgehead atoms. The maximum atomic E-state index is 13.7. The van der Waals surface area contributed by atoms with Crippen molar-refractivity contribution < 1.29 is 28.2 Å². The highest BCUT2D eigenvalue weighted by Gasteiger charge is 2.11. The molecule has 0 saturated carbocycles. The average molecular weight is 652 g/mol. The number of ether oxygens (including phenoxy) is 2. The first-order valence-electron chi connectivity index (χ1n) is 13.3. The Morgan fingerprint density at radius 2 is 1.14 bits per heavy atom. The smallest absolute Gasteiger partial charge is 0.341 e. The molecular weight excluding hydrogens is 629 g/mol. The Morgan fingerprint density at radius 3 is 1.59 bits per heavy atom. The minimum Gasteiger partial charge on any atom is -0.489 e. The van der Waals surface area contributed by atoms with Crippen LogP contribution in [0.1, 0.15) is 11.1 Å². The second-order valence-corrected chi connectivity index (χ2v) is 10.8. The molecule has 0 unspecified atom stereocenters. The highest BCUT2D eigenvalue weighted by atomic mass is 35.5. The number of carboxylic acids is 1. The van der Waals surface area contributed by atoms with E-state index in [2.05, 4.69) is 0 Å². The third-order valence-electron chi connectivity index (χ3n) is 6.69. The van der Waals surface area contributed by atoms with Crippen LogP contribution in [0.4, 0.5) is 8.78 Å². The van der Waals surface area contributed by atoms with Gasteiger partial charge in [0.2, 0.25) is 0 Å². The van der Waals surface area contributed by atoms with Gasteiger partial charge in [-0.1, -0.05) is 95.5 Å². The SMILES string of the molecule is O=C(O)COc1ccc(OCC=C(c2ccc(-c3ccc(F)c(Cl)c3)cc2)c2ccc(-c3ccc(F)c(Cl)c3)cc2)cc1Cl. The molecule has 5 rings (SSSR count). The van der Waals surface area contributed by atoms with Crippen LogP contribution in [0, 0.1) is 11.6 Å². The van der Waals surface area contributed by atoms with Crippen LogP contribution in [0.2, 0.25) is 15.1 Å². The van der Waals surface area contributed by atoms with Gasteiger partial charge in [-0.3, -0.25) is 0 Å². The highest BCUT2D eigenvalue weighted by molar-refractivity contribution is 6.32. The van der Waals surface area contributed by atoms with Crippen LogP contribution in [0.25, 0.3) is 27.8 Å². The summed E-state index contributed by atoms with van der Waals surface area (Å²) < 4.78 is 38.5. The highest BCUT2D eigenvalue weighted by Crippen LogP contribution is 2.32. The number of carbonyl (C=O) groups is 1. The molecule has 1 N–H and O–H groups in total. The van der Waals surface area contributed by atoms with Crippen LogP contribution < -0.4 is 9.47 Å². The predicted molar refractivity (Wildman–Crippen MR) is 171 cm³/mol. The van der Waals surface area contributed by atoms with Gasteiger partial charge in [-0.25, -0.2) is 13.6 Å². The van der Waals surface area contributed by atoms with Crippen molar-refractivity contribution in [3.63, 3.8) is 0 Å². The van der Waals surface area contributed by atoms with Gasteiger partial charge < -0.3 is 14.6 Å². The van der Waals surface area contributed by atoms with Crippen molar-refractivity contribution in [2.45, 2.75) is 0 Å². The molecule has 0 aliphatic carbocycles. The Hall–Kier alpha value is -4.36. The first-order chi connectivity index (χ1) is 21.2. The van der Waals surface area contributed by atoms with E-state index < -0.39 is 24.2 Å². The maximum Gasteiger partial charge on any atom is 0.341 e. The molecule has 0 saturated heterocycles. The first-order valence-corrected chi connectivity index (χ1v) is 14.4. The molecule has 222 valence electrons. The van der Waals surface area contributed by atoms with Gasteiger partial charge in [0, 0.05) is 6.07 Å². The van der Waals surface area contributed by atoms with Crippen LogP contribution in [-0.4, -0.2) is 24.3 Å². The van der Waals surface area contributed by atoms with E-state index in [0.717, 1.165) is 39.0 Å². The lowest BCUT2D eigenvalue weighted by atomic mass is 9.94. The van der Waals surface area contributed by atoms with E-state index in [1.807, 2.05) is 54.6 Å². The van der Waals surface area contributed by atoms with Gasteiger partial charge >= 0.3 is 5.97 Å². The lowest BCUT2D eigenvalue weighted by Gasteiger charge is -2.13. The van der Waals surface area contributed by atoms with Crippen LogP contribution in [0.15, 0.2) is 109 Å². The molecule has 0 heterocycles. The molecule has 0 fully saturated rings. The van der Waals surface area contributed by atoms with Gasteiger partial charge in [-0.05, 0) is 81.4 Å². The number of carboxylic acid groups (broad SMARTS) is 1. The fourth-order valence-electron chi connectivity index (χ4n) is 4.49. The lowest BCUT2D eigenvalue weighted by molar-refractivity contribution is -0.139. The van der Waals surface area contributed by atoms with Gasteiger partial charge in [0.25, 0.3) is 0 Å². The van der Waals surface area contributed by atoms with E-state index in [0.29, 0.717) is 5.75 Å². The third-order valence-corrected chi connectivity index (χ3v) is 7.56. The van der Waals surface area contributed by atoms with Crippen molar-refractivity contribution in [2.75, 3.05) is 13.2 Å². The zero-order valence-corrected chi connectivity index (χ0v) is 25.1. The van der Waals surface area contributed by atoms with Crippen molar-refractivity contribution in [3.8, 4) is 33.8 Å². The number of benzene rings is 5. The molecule has 5 aromatic rings.